The number of amides is 2. The van der Waals surface area contributed by atoms with Gasteiger partial charge in [-0.1, -0.05) is 12.1 Å². The monoisotopic (exact) mass is 343 g/mol. The summed E-state index contributed by atoms with van der Waals surface area (Å²) in [5.74, 6) is 0.509. The van der Waals surface area contributed by atoms with Gasteiger partial charge in [-0.05, 0) is 32.9 Å². The van der Waals surface area contributed by atoms with Gasteiger partial charge in [-0.25, -0.2) is 14.3 Å². The first-order valence-corrected chi connectivity index (χ1v) is 8.90. The van der Waals surface area contributed by atoms with Crippen LogP contribution in [0.3, 0.4) is 0 Å². The molecule has 3 N–H and O–H groups in total. The van der Waals surface area contributed by atoms with Crippen molar-refractivity contribution in [1.29, 1.82) is 0 Å². The van der Waals surface area contributed by atoms with Crippen molar-refractivity contribution in [3.8, 4) is 0 Å². The zero-order valence-corrected chi connectivity index (χ0v) is 15.2. The normalized spacial score (nSPS) is 23.9. The SMILES string of the molecule is CC(C)(C)[N+]1(C(=O)CCc2nc3ccccc3[nH]2)CCC[C@H]1C(N)=O. The number of aromatic nitrogens is 2. The second-order valence-electron chi connectivity index (χ2n) is 7.92. The molecule has 1 aliphatic rings. The number of aromatic amines is 1. The zero-order chi connectivity index (χ0) is 18.2. The molecule has 2 atom stereocenters. The number of primary amides is 1. The van der Waals surface area contributed by atoms with Gasteiger partial charge in [0.15, 0.2) is 6.04 Å². The first-order chi connectivity index (χ1) is 11.8. The van der Waals surface area contributed by atoms with Crippen molar-refractivity contribution in [2.24, 2.45) is 5.73 Å². The first kappa shape index (κ1) is 17.6. The largest absolute Gasteiger partial charge is 0.364 e. The molecule has 1 fully saturated rings. The molecule has 0 bridgehead atoms. The van der Waals surface area contributed by atoms with E-state index < -0.39 is 6.04 Å². The Morgan fingerprint density at radius 2 is 2.04 bits per heavy atom. The Hall–Kier alpha value is -2.21. The molecule has 1 aliphatic heterocycles. The van der Waals surface area contributed by atoms with Crippen molar-refractivity contribution in [2.45, 2.75) is 58.0 Å². The Morgan fingerprint density at radius 3 is 2.68 bits per heavy atom. The van der Waals surface area contributed by atoms with E-state index in [1.165, 1.54) is 0 Å². The number of hydrogen-bond acceptors (Lipinski definition) is 3. The third-order valence-corrected chi connectivity index (χ3v) is 5.51. The number of imidazole rings is 1. The molecule has 1 unspecified atom stereocenters. The van der Waals surface area contributed by atoms with Gasteiger partial charge < -0.3 is 10.7 Å². The molecule has 0 radical (unpaired) electrons. The van der Waals surface area contributed by atoms with E-state index in [1.54, 1.807) is 0 Å². The summed E-state index contributed by atoms with van der Waals surface area (Å²) >= 11 is 0. The van der Waals surface area contributed by atoms with Crippen LogP contribution in [0.1, 0.15) is 45.9 Å². The highest BCUT2D eigenvalue weighted by molar-refractivity contribution is 5.82. The molecule has 6 heteroatoms. The Bertz CT molecular complexity index is 772. The predicted molar refractivity (Wildman–Crippen MR) is 96.5 cm³/mol. The molecule has 2 heterocycles. The minimum absolute atomic E-state index is 0.0780. The second-order valence-corrected chi connectivity index (χ2v) is 7.92. The van der Waals surface area contributed by atoms with E-state index in [4.69, 9.17) is 5.73 Å². The standard InChI is InChI=1S/C19H26N4O2/c1-19(2,3)23(12-6-9-15(23)18(20)25)17(24)11-10-16-21-13-7-4-5-8-14(13)22-16/h4-5,7-8,15H,6,9-12H2,1-3H3,(H2-,20,21,22,25)/p+1/t15-,23?/m0/s1. The molecule has 1 aromatic carbocycles. The van der Waals surface area contributed by atoms with E-state index in [9.17, 15) is 9.59 Å². The predicted octanol–water partition coefficient (Wildman–Crippen LogP) is 2.29. The second kappa shape index (κ2) is 6.26. The van der Waals surface area contributed by atoms with Crippen LogP contribution in [0, 0.1) is 0 Å². The van der Waals surface area contributed by atoms with Crippen LogP contribution < -0.4 is 5.73 Å². The summed E-state index contributed by atoms with van der Waals surface area (Å²) in [5, 5.41) is 0. The number of likely N-dealkylation sites (tertiary alicyclic amines) is 1. The van der Waals surface area contributed by atoms with Crippen LogP contribution in [0.2, 0.25) is 0 Å². The number of fused-ring (bicyclic) bond motifs is 1. The molecule has 0 saturated carbocycles. The quantitative estimate of drug-likeness (QED) is 0.835. The lowest BCUT2D eigenvalue weighted by Crippen LogP contribution is -2.68. The molecule has 2 aromatic rings. The summed E-state index contributed by atoms with van der Waals surface area (Å²) < 4.78 is 0.155. The Balaban J connectivity index is 1.82. The fourth-order valence-corrected chi connectivity index (χ4v) is 4.29. The molecule has 3 rings (SSSR count). The van der Waals surface area contributed by atoms with Gasteiger partial charge in [0, 0.05) is 19.3 Å². The van der Waals surface area contributed by atoms with Crippen molar-refractivity contribution in [1.82, 2.24) is 9.97 Å². The Morgan fingerprint density at radius 1 is 1.32 bits per heavy atom. The van der Waals surface area contributed by atoms with Gasteiger partial charge in [0.2, 0.25) is 0 Å². The van der Waals surface area contributed by atoms with Gasteiger partial charge in [0.1, 0.15) is 5.82 Å². The minimum Gasteiger partial charge on any atom is -0.364 e. The van der Waals surface area contributed by atoms with E-state index in [0.717, 1.165) is 23.3 Å². The maximum atomic E-state index is 13.2. The highest BCUT2D eigenvalue weighted by Crippen LogP contribution is 2.38. The number of H-pyrrole nitrogens is 1. The molecule has 1 aromatic heterocycles. The summed E-state index contributed by atoms with van der Waals surface area (Å²) in [7, 11) is 0. The van der Waals surface area contributed by atoms with Gasteiger partial charge in [-0.15, -0.1) is 0 Å². The summed E-state index contributed by atoms with van der Waals surface area (Å²) in [6.45, 7) is 6.74. The van der Waals surface area contributed by atoms with E-state index in [-0.39, 0.29) is 21.8 Å². The van der Waals surface area contributed by atoms with E-state index >= 15 is 0 Å². The van der Waals surface area contributed by atoms with Gasteiger partial charge in [-0.2, -0.15) is 0 Å². The number of rotatable bonds is 4. The molecule has 25 heavy (non-hydrogen) atoms. The van der Waals surface area contributed by atoms with Crippen LogP contribution in [0.5, 0.6) is 0 Å². The number of nitrogens with two attached hydrogens (primary N) is 1. The van der Waals surface area contributed by atoms with E-state index in [0.29, 0.717) is 25.8 Å². The summed E-state index contributed by atoms with van der Waals surface area (Å²) in [6.07, 6.45) is 2.42. The van der Waals surface area contributed by atoms with Crippen LogP contribution in [0.4, 0.5) is 0 Å². The maximum absolute atomic E-state index is 13.2. The highest BCUT2D eigenvalue weighted by atomic mass is 16.2. The lowest BCUT2D eigenvalue weighted by Gasteiger charge is -2.46. The molecular formula is C19H27N4O2+. The Labute approximate surface area is 148 Å². The van der Waals surface area contributed by atoms with Crippen LogP contribution >= 0.6 is 0 Å². The summed E-state index contributed by atoms with van der Waals surface area (Å²) in [5.41, 5.74) is 7.16. The molecule has 134 valence electrons. The fourth-order valence-electron chi connectivity index (χ4n) is 4.29. The third-order valence-electron chi connectivity index (χ3n) is 5.51. The molecule has 2 amide bonds. The number of para-hydroxylation sites is 2. The lowest BCUT2D eigenvalue weighted by atomic mass is 9.96. The number of aryl methyl sites for hydroxylation is 1. The molecule has 1 saturated heterocycles. The van der Waals surface area contributed by atoms with Gasteiger partial charge >= 0.3 is 5.91 Å². The van der Waals surface area contributed by atoms with Crippen molar-refractivity contribution in [3.63, 3.8) is 0 Å². The topological polar surface area (TPSA) is 88.8 Å². The van der Waals surface area contributed by atoms with Crippen molar-refractivity contribution < 1.29 is 14.1 Å². The van der Waals surface area contributed by atoms with E-state index in [2.05, 4.69) is 9.97 Å². The van der Waals surface area contributed by atoms with Crippen molar-refractivity contribution >= 4 is 22.8 Å². The van der Waals surface area contributed by atoms with Crippen LogP contribution in [0.25, 0.3) is 11.0 Å². The number of nitrogens with one attached hydrogen (secondary N) is 1. The van der Waals surface area contributed by atoms with Gasteiger partial charge in [-0.3, -0.25) is 4.79 Å². The molecule has 0 aliphatic carbocycles. The van der Waals surface area contributed by atoms with Crippen LogP contribution in [-0.2, 0) is 16.0 Å². The average molecular weight is 343 g/mol. The fraction of sp³-hybridized carbons (Fsp3) is 0.526. The molecule has 0 spiro atoms. The highest BCUT2D eigenvalue weighted by Gasteiger charge is 2.57. The van der Waals surface area contributed by atoms with Gasteiger partial charge in [0.25, 0.3) is 5.91 Å². The number of hydrogen-bond donors (Lipinski definition) is 2. The van der Waals surface area contributed by atoms with E-state index in [1.807, 2.05) is 45.0 Å². The maximum Gasteiger partial charge on any atom is 0.315 e. The summed E-state index contributed by atoms with van der Waals surface area (Å²) in [4.78, 5) is 33.0. The number of nitrogens with zero attached hydrogens (tertiary/aromatic N) is 2. The van der Waals surface area contributed by atoms with Crippen LogP contribution in [0.15, 0.2) is 24.3 Å². The molecular weight excluding hydrogens is 316 g/mol. The smallest absolute Gasteiger partial charge is 0.315 e. The number of benzene rings is 1. The number of carbonyl (C=O) groups excluding carboxylic acids is 2. The third kappa shape index (κ3) is 2.95. The van der Waals surface area contributed by atoms with Crippen molar-refractivity contribution in [3.05, 3.63) is 30.1 Å². The number of quaternary nitrogens is 1. The first-order valence-electron chi connectivity index (χ1n) is 8.90. The Kier molecular flexibility index (Phi) is 4.41. The molecule has 6 nitrogen and oxygen atoms in total. The summed E-state index contributed by atoms with van der Waals surface area (Å²) in [6, 6.07) is 7.39. The van der Waals surface area contributed by atoms with Gasteiger partial charge in [0.05, 0.1) is 29.5 Å². The van der Waals surface area contributed by atoms with Crippen LogP contribution in [-0.4, -0.2) is 44.4 Å². The number of carbonyl (C=O) groups is 2. The zero-order valence-electron chi connectivity index (χ0n) is 15.2. The lowest BCUT2D eigenvalue weighted by molar-refractivity contribution is -0.903. The van der Waals surface area contributed by atoms with Crippen molar-refractivity contribution in [2.75, 3.05) is 6.54 Å². The average Bonchev–Trinajstić information content (AvgIpc) is 3.16. The minimum atomic E-state index is -0.428.